The molecule has 0 saturated carbocycles. The van der Waals surface area contributed by atoms with E-state index >= 15 is 0 Å². The van der Waals surface area contributed by atoms with Crippen LogP contribution in [0.25, 0.3) is 0 Å². The lowest BCUT2D eigenvalue weighted by atomic mass is 9.66. The fourth-order valence-electron chi connectivity index (χ4n) is 1.71. The Morgan fingerprint density at radius 3 is 1.83 bits per heavy atom. The third kappa shape index (κ3) is 2.50. The van der Waals surface area contributed by atoms with Gasteiger partial charge in [0.15, 0.2) is 0 Å². The minimum Gasteiger partial charge on any atom is -0.0651 e. The molecule has 0 aliphatic rings. The summed E-state index contributed by atoms with van der Waals surface area (Å²) in [5.41, 5.74) is 0.427. The highest BCUT2D eigenvalue weighted by atomic mass is 14.4. The first-order chi connectivity index (χ1) is 5.34. The number of rotatable bonds is 4. The smallest absolute Gasteiger partial charge is 0.0300 e. The van der Waals surface area contributed by atoms with Crippen molar-refractivity contribution in [3.63, 3.8) is 0 Å². The molecule has 0 heteroatoms. The van der Waals surface area contributed by atoms with Crippen LogP contribution in [-0.4, -0.2) is 0 Å². The minimum atomic E-state index is 0.427. The van der Waals surface area contributed by atoms with Gasteiger partial charge in [0.2, 0.25) is 0 Å². The molecule has 0 bridgehead atoms. The van der Waals surface area contributed by atoms with Gasteiger partial charge in [0, 0.05) is 0 Å². The van der Waals surface area contributed by atoms with Crippen LogP contribution in [0, 0.1) is 30.1 Å². The predicted molar refractivity (Wildman–Crippen MR) is 56.9 cm³/mol. The van der Waals surface area contributed by atoms with Crippen LogP contribution in [0.1, 0.15) is 48.0 Å². The SMILES string of the molecule is [CH2]C(C)C(C)C(C)(C)C(C)CC. The summed E-state index contributed by atoms with van der Waals surface area (Å²) in [6.45, 7) is 18.0. The number of hydrogen-bond donors (Lipinski definition) is 0. The average molecular weight is 169 g/mol. The Kier molecular flexibility index (Phi) is 4.30. The maximum atomic E-state index is 4.12. The largest absolute Gasteiger partial charge is 0.0651 e. The van der Waals surface area contributed by atoms with E-state index in [0.29, 0.717) is 17.3 Å². The first-order valence-corrected chi connectivity index (χ1v) is 5.17. The highest BCUT2D eigenvalue weighted by molar-refractivity contribution is 4.83. The van der Waals surface area contributed by atoms with Gasteiger partial charge in [-0.15, -0.1) is 0 Å². The van der Waals surface area contributed by atoms with Crippen molar-refractivity contribution in [1.82, 2.24) is 0 Å². The molecule has 0 nitrogen and oxygen atoms in total. The average Bonchev–Trinajstić information content (AvgIpc) is 2.01. The molecule has 0 aromatic heterocycles. The fourth-order valence-corrected chi connectivity index (χ4v) is 1.71. The molecule has 12 heavy (non-hydrogen) atoms. The minimum absolute atomic E-state index is 0.427. The zero-order valence-electron chi connectivity index (χ0n) is 9.65. The van der Waals surface area contributed by atoms with Gasteiger partial charge < -0.3 is 0 Å². The highest BCUT2D eigenvalue weighted by Crippen LogP contribution is 2.40. The van der Waals surface area contributed by atoms with E-state index in [2.05, 4.69) is 48.5 Å². The molecule has 0 amide bonds. The van der Waals surface area contributed by atoms with Crippen molar-refractivity contribution < 1.29 is 0 Å². The van der Waals surface area contributed by atoms with E-state index in [1.165, 1.54) is 6.42 Å². The summed E-state index contributed by atoms with van der Waals surface area (Å²) in [6.07, 6.45) is 1.27. The molecule has 0 aliphatic carbocycles. The lowest BCUT2D eigenvalue weighted by molar-refractivity contribution is 0.107. The quantitative estimate of drug-likeness (QED) is 0.592. The molecule has 3 atom stereocenters. The van der Waals surface area contributed by atoms with E-state index in [-0.39, 0.29) is 0 Å². The molecule has 0 spiro atoms. The standard InChI is InChI=1S/C12H25/c1-8-10(4)12(6,7)11(5)9(2)3/h9-11H,2,8H2,1,3-7H3. The summed E-state index contributed by atoms with van der Waals surface area (Å²) in [7, 11) is 0. The lowest BCUT2D eigenvalue weighted by Gasteiger charge is -2.39. The summed E-state index contributed by atoms with van der Waals surface area (Å²) in [5, 5.41) is 0. The van der Waals surface area contributed by atoms with Crippen LogP contribution in [0.3, 0.4) is 0 Å². The first kappa shape index (κ1) is 12.0. The number of hydrogen-bond acceptors (Lipinski definition) is 0. The second kappa shape index (κ2) is 4.30. The molecule has 0 aromatic rings. The Labute approximate surface area is 78.8 Å². The van der Waals surface area contributed by atoms with Crippen molar-refractivity contribution in [3.05, 3.63) is 6.92 Å². The second-order valence-corrected chi connectivity index (χ2v) is 4.90. The van der Waals surface area contributed by atoms with Crippen molar-refractivity contribution in [2.24, 2.45) is 23.2 Å². The van der Waals surface area contributed by atoms with Gasteiger partial charge in [-0.05, 0) is 23.2 Å². The molecule has 73 valence electrons. The third-order valence-corrected chi connectivity index (χ3v) is 3.91. The summed E-state index contributed by atoms with van der Waals surface area (Å²) >= 11 is 0. The molecule has 3 unspecified atom stereocenters. The molecule has 1 radical (unpaired) electrons. The summed E-state index contributed by atoms with van der Waals surface area (Å²) < 4.78 is 0. The van der Waals surface area contributed by atoms with Gasteiger partial charge in [0.05, 0.1) is 0 Å². The van der Waals surface area contributed by atoms with Crippen LogP contribution in [0.4, 0.5) is 0 Å². The normalized spacial score (nSPS) is 18.0. The van der Waals surface area contributed by atoms with Crippen LogP contribution in [0.2, 0.25) is 0 Å². The zero-order valence-corrected chi connectivity index (χ0v) is 9.65. The Morgan fingerprint density at radius 1 is 1.17 bits per heavy atom. The van der Waals surface area contributed by atoms with E-state index in [0.717, 1.165) is 5.92 Å². The van der Waals surface area contributed by atoms with Crippen molar-refractivity contribution >= 4 is 0 Å². The molecule has 0 N–H and O–H groups in total. The summed E-state index contributed by atoms with van der Waals surface area (Å²) in [4.78, 5) is 0. The molecule has 0 aliphatic heterocycles. The van der Waals surface area contributed by atoms with E-state index in [1.807, 2.05) is 0 Å². The third-order valence-electron chi connectivity index (χ3n) is 3.91. The van der Waals surface area contributed by atoms with Crippen molar-refractivity contribution in [2.75, 3.05) is 0 Å². The van der Waals surface area contributed by atoms with Gasteiger partial charge in [-0.25, -0.2) is 0 Å². The van der Waals surface area contributed by atoms with Crippen LogP contribution in [-0.2, 0) is 0 Å². The predicted octanol–water partition coefficient (Wildman–Crippen LogP) is 4.16. The van der Waals surface area contributed by atoms with Crippen LogP contribution >= 0.6 is 0 Å². The van der Waals surface area contributed by atoms with E-state index in [4.69, 9.17) is 0 Å². The van der Waals surface area contributed by atoms with Crippen molar-refractivity contribution in [3.8, 4) is 0 Å². The Bertz CT molecular complexity index is 122. The Hall–Kier alpha value is 0. The molecule has 0 heterocycles. The summed E-state index contributed by atoms with van der Waals surface area (Å²) in [5.74, 6) is 2.04. The molecule has 0 rings (SSSR count). The zero-order chi connectivity index (χ0) is 9.94. The van der Waals surface area contributed by atoms with E-state index in [1.54, 1.807) is 0 Å². The fraction of sp³-hybridized carbons (Fsp3) is 0.917. The lowest BCUT2D eigenvalue weighted by Crippen LogP contribution is -2.32. The molecular formula is C12H25. The maximum Gasteiger partial charge on any atom is -0.0300 e. The monoisotopic (exact) mass is 169 g/mol. The molecule has 0 saturated heterocycles. The Balaban J connectivity index is 4.37. The molecule has 0 fully saturated rings. The van der Waals surface area contributed by atoms with Gasteiger partial charge in [0.1, 0.15) is 0 Å². The van der Waals surface area contributed by atoms with Crippen molar-refractivity contribution in [2.45, 2.75) is 48.0 Å². The first-order valence-electron chi connectivity index (χ1n) is 5.17. The molecular weight excluding hydrogens is 144 g/mol. The second-order valence-electron chi connectivity index (χ2n) is 4.90. The maximum absolute atomic E-state index is 4.12. The van der Waals surface area contributed by atoms with E-state index < -0.39 is 0 Å². The topological polar surface area (TPSA) is 0 Å². The van der Waals surface area contributed by atoms with Gasteiger partial charge in [-0.2, -0.15) is 0 Å². The van der Waals surface area contributed by atoms with Crippen LogP contribution < -0.4 is 0 Å². The van der Waals surface area contributed by atoms with E-state index in [9.17, 15) is 0 Å². The van der Waals surface area contributed by atoms with Gasteiger partial charge in [-0.1, -0.05) is 54.9 Å². The highest BCUT2D eigenvalue weighted by Gasteiger charge is 2.32. The van der Waals surface area contributed by atoms with Crippen molar-refractivity contribution in [1.29, 1.82) is 0 Å². The summed E-state index contributed by atoms with van der Waals surface area (Å²) in [6, 6.07) is 0. The van der Waals surface area contributed by atoms with Crippen LogP contribution in [0.15, 0.2) is 0 Å². The van der Waals surface area contributed by atoms with Gasteiger partial charge in [0.25, 0.3) is 0 Å². The van der Waals surface area contributed by atoms with Gasteiger partial charge >= 0.3 is 0 Å². The van der Waals surface area contributed by atoms with Crippen LogP contribution in [0.5, 0.6) is 0 Å². The Morgan fingerprint density at radius 2 is 1.58 bits per heavy atom. The van der Waals surface area contributed by atoms with Gasteiger partial charge in [-0.3, -0.25) is 0 Å². The molecule has 0 aromatic carbocycles.